The van der Waals surface area contributed by atoms with Crippen molar-refractivity contribution in [2.45, 2.75) is 46.3 Å². The van der Waals surface area contributed by atoms with E-state index in [9.17, 15) is 0 Å². The molecule has 0 aromatic heterocycles. The Morgan fingerprint density at radius 2 is 1.94 bits per heavy atom. The van der Waals surface area contributed by atoms with Gasteiger partial charge in [0.25, 0.3) is 0 Å². The maximum atomic E-state index is 5.83. The van der Waals surface area contributed by atoms with Crippen molar-refractivity contribution in [3.05, 3.63) is 18.2 Å². The molecular formula is C13H22N2O. The van der Waals surface area contributed by atoms with Crippen LogP contribution in [0.1, 0.15) is 34.1 Å². The molecule has 0 bridgehead atoms. The van der Waals surface area contributed by atoms with Gasteiger partial charge < -0.3 is 15.8 Å². The van der Waals surface area contributed by atoms with Crippen LogP contribution in [0, 0.1) is 0 Å². The fourth-order valence-corrected chi connectivity index (χ4v) is 1.43. The number of rotatable bonds is 5. The average molecular weight is 222 g/mol. The molecule has 0 amide bonds. The number of ether oxygens (including phenoxy) is 1. The molecule has 3 heteroatoms. The van der Waals surface area contributed by atoms with E-state index in [2.05, 4.69) is 19.2 Å². The van der Waals surface area contributed by atoms with Crippen molar-refractivity contribution in [3.63, 3.8) is 0 Å². The van der Waals surface area contributed by atoms with E-state index in [4.69, 9.17) is 10.5 Å². The molecule has 90 valence electrons. The molecule has 1 aromatic carbocycles. The molecule has 0 saturated carbocycles. The van der Waals surface area contributed by atoms with Gasteiger partial charge in [-0.05, 0) is 33.3 Å². The van der Waals surface area contributed by atoms with Crippen molar-refractivity contribution in [1.29, 1.82) is 0 Å². The molecule has 0 aliphatic heterocycles. The molecule has 1 unspecified atom stereocenters. The van der Waals surface area contributed by atoms with Gasteiger partial charge in [0, 0.05) is 29.5 Å². The predicted octanol–water partition coefficient (Wildman–Crippen LogP) is 3.27. The Labute approximate surface area is 98.0 Å². The highest BCUT2D eigenvalue weighted by atomic mass is 16.5. The molecule has 0 radical (unpaired) electrons. The zero-order chi connectivity index (χ0) is 12.1. The van der Waals surface area contributed by atoms with Crippen LogP contribution < -0.4 is 15.8 Å². The van der Waals surface area contributed by atoms with Crippen LogP contribution in [0.25, 0.3) is 0 Å². The fourth-order valence-electron chi connectivity index (χ4n) is 1.43. The first kappa shape index (κ1) is 12.7. The second-order valence-corrected chi connectivity index (χ2v) is 4.41. The van der Waals surface area contributed by atoms with Gasteiger partial charge in [-0.25, -0.2) is 0 Å². The number of nitrogen functional groups attached to an aromatic ring is 1. The van der Waals surface area contributed by atoms with Crippen LogP contribution in [-0.2, 0) is 0 Å². The quantitative estimate of drug-likeness (QED) is 0.752. The topological polar surface area (TPSA) is 47.3 Å². The number of anilines is 2. The van der Waals surface area contributed by atoms with E-state index >= 15 is 0 Å². The molecular weight excluding hydrogens is 200 g/mol. The lowest BCUT2D eigenvalue weighted by molar-refractivity contribution is 0.242. The average Bonchev–Trinajstić information content (AvgIpc) is 2.15. The Hall–Kier alpha value is -1.38. The molecule has 3 N–H and O–H groups in total. The van der Waals surface area contributed by atoms with Crippen LogP contribution in [-0.4, -0.2) is 12.1 Å². The smallest absolute Gasteiger partial charge is 0.123 e. The Balaban J connectivity index is 2.81. The maximum absolute atomic E-state index is 5.83. The van der Waals surface area contributed by atoms with Crippen LogP contribution in [0.5, 0.6) is 5.75 Å². The first-order valence-corrected chi connectivity index (χ1v) is 5.85. The van der Waals surface area contributed by atoms with E-state index in [0.29, 0.717) is 6.04 Å². The first-order chi connectivity index (χ1) is 7.51. The van der Waals surface area contributed by atoms with Crippen molar-refractivity contribution in [2.75, 3.05) is 11.1 Å². The van der Waals surface area contributed by atoms with E-state index in [0.717, 1.165) is 23.5 Å². The summed E-state index contributed by atoms with van der Waals surface area (Å²) in [4.78, 5) is 0. The normalized spacial score (nSPS) is 12.6. The van der Waals surface area contributed by atoms with Gasteiger partial charge in [0.15, 0.2) is 0 Å². The number of hydrogen-bond acceptors (Lipinski definition) is 3. The first-order valence-electron chi connectivity index (χ1n) is 5.85. The lowest BCUT2D eigenvalue weighted by atomic mass is 10.2. The van der Waals surface area contributed by atoms with Crippen LogP contribution in [0.4, 0.5) is 11.4 Å². The van der Waals surface area contributed by atoms with E-state index in [-0.39, 0.29) is 6.10 Å². The monoisotopic (exact) mass is 222 g/mol. The van der Waals surface area contributed by atoms with Gasteiger partial charge >= 0.3 is 0 Å². The largest absolute Gasteiger partial charge is 0.491 e. The van der Waals surface area contributed by atoms with Gasteiger partial charge in [-0.1, -0.05) is 6.92 Å². The number of hydrogen-bond donors (Lipinski definition) is 2. The zero-order valence-corrected chi connectivity index (χ0v) is 10.6. The molecule has 0 aliphatic rings. The predicted molar refractivity (Wildman–Crippen MR) is 70.0 cm³/mol. The Kier molecular flexibility index (Phi) is 4.47. The molecule has 0 spiro atoms. The summed E-state index contributed by atoms with van der Waals surface area (Å²) in [6, 6.07) is 6.21. The van der Waals surface area contributed by atoms with Gasteiger partial charge in [0.2, 0.25) is 0 Å². The van der Waals surface area contributed by atoms with Gasteiger partial charge in [-0.3, -0.25) is 0 Å². The van der Waals surface area contributed by atoms with E-state index < -0.39 is 0 Å². The van der Waals surface area contributed by atoms with Crippen molar-refractivity contribution in [2.24, 2.45) is 0 Å². The lowest BCUT2D eigenvalue weighted by Crippen LogP contribution is -2.14. The van der Waals surface area contributed by atoms with Crippen LogP contribution in [0.15, 0.2) is 18.2 Å². The summed E-state index contributed by atoms with van der Waals surface area (Å²) in [5.74, 6) is 0.820. The van der Waals surface area contributed by atoms with Gasteiger partial charge in [0.1, 0.15) is 5.75 Å². The Morgan fingerprint density at radius 1 is 1.25 bits per heavy atom. The summed E-state index contributed by atoms with van der Waals surface area (Å²) in [6.07, 6.45) is 1.24. The molecule has 0 aliphatic carbocycles. The second-order valence-electron chi connectivity index (χ2n) is 4.41. The Bertz CT molecular complexity index is 337. The van der Waals surface area contributed by atoms with Gasteiger partial charge in [-0.2, -0.15) is 0 Å². The fraction of sp³-hybridized carbons (Fsp3) is 0.538. The minimum Gasteiger partial charge on any atom is -0.491 e. The van der Waals surface area contributed by atoms with Crippen LogP contribution in [0.3, 0.4) is 0 Å². The summed E-state index contributed by atoms with van der Waals surface area (Å²) in [5.41, 5.74) is 7.58. The third-order valence-electron chi connectivity index (χ3n) is 2.33. The summed E-state index contributed by atoms with van der Waals surface area (Å²) < 4.78 is 5.63. The number of nitrogens with one attached hydrogen (secondary N) is 1. The summed E-state index contributed by atoms with van der Waals surface area (Å²) in [5, 5.41) is 3.39. The van der Waals surface area contributed by atoms with Gasteiger partial charge in [-0.15, -0.1) is 0 Å². The standard InChI is InChI=1S/C13H22N2O/c1-5-10(4)15-12-6-11(14)7-13(8-12)16-9(2)3/h6-10,15H,5,14H2,1-4H3. The van der Waals surface area contributed by atoms with E-state index in [1.54, 1.807) is 0 Å². The van der Waals surface area contributed by atoms with Crippen molar-refractivity contribution < 1.29 is 4.74 Å². The van der Waals surface area contributed by atoms with Gasteiger partial charge in [0.05, 0.1) is 6.10 Å². The maximum Gasteiger partial charge on any atom is 0.123 e. The second kappa shape index (κ2) is 5.64. The van der Waals surface area contributed by atoms with Crippen molar-refractivity contribution >= 4 is 11.4 Å². The SMILES string of the molecule is CCC(C)Nc1cc(N)cc(OC(C)C)c1. The Morgan fingerprint density at radius 3 is 2.50 bits per heavy atom. The van der Waals surface area contributed by atoms with Crippen LogP contribution >= 0.6 is 0 Å². The molecule has 0 fully saturated rings. The minimum absolute atomic E-state index is 0.165. The van der Waals surface area contributed by atoms with E-state index in [1.165, 1.54) is 0 Å². The molecule has 3 nitrogen and oxygen atoms in total. The van der Waals surface area contributed by atoms with Crippen molar-refractivity contribution in [3.8, 4) is 5.75 Å². The van der Waals surface area contributed by atoms with Crippen LogP contribution in [0.2, 0.25) is 0 Å². The highest BCUT2D eigenvalue weighted by Gasteiger charge is 2.04. The molecule has 1 aromatic rings. The van der Waals surface area contributed by atoms with Crippen molar-refractivity contribution in [1.82, 2.24) is 0 Å². The highest BCUT2D eigenvalue weighted by molar-refractivity contribution is 5.59. The minimum atomic E-state index is 0.165. The molecule has 0 saturated heterocycles. The molecule has 16 heavy (non-hydrogen) atoms. The third kappa shape index (κ3) is 4.01. The lowest BCUT2D eigenvalue weighted by Gasteiger charge is -2.16. The summed E-state index contributed by atoms with van der Waals surface area (Å²) in [7, 11) is 0. The number of nitrogens with two attached hydrogens (primary N) is 1. The summed E-state index contributed by atoms with van der Waals surface area (Å²) >= 11 is 0. The summed E-state index contributed by atoms with van der Waals surface area (Å²) in [6.45, 7) is 8.30. The van der Waals surface area contributed by atoms with E-state index in [1.807, 2.05) is 32.0 Å². The zero-order valence-electron chi connectivity index (χ0n) is 10.6. The molecule has 0 heterocycles. The highest BCUT2D eigenvalue weighted by Crippen LogP contribution is 2.24. The molecule has 1 rings (SSSR count). The number of benzene rings is 1. The third-order valence-corrected chi connectivity index (χ3v) is 2.33. The molecule has 1 atom stereocenters.